The Labute approximate surface area is 87.4 Å². The summed E-state index contributed by atoms with van der Waals surface area (Å²) in [6.45, 7) is 0. The molecule has 0 unspecified atom stereocenters. The fraction of sp³-hybridized carbons (Fsp3) is 0.500. The lowest BCUT2D eigenvalue weighted by molar-refractivity contribution is -0.142. The van der Waals surface area contributed by atoms with Crippen LogP contribution in [0.1, 0.15) is 24.6 Å². The van der Waals surface area contributed by atoms with Crippen molar-refractivity contribution in [2.75, 3.05) is 0 Å². The molecule has 5 nitrogen and oxygen atoms in total. The van der Waals surface area contributed by atoms with E-state index in [1.807, 2.05) is 12.2 Å². The molecule has 5 heteroatoms. The number of carboxylic acid groups (broad SMARTS) is 1. The van der Waals surface area contributed by atoms with Crippen LogP contribution in [0.2, 0.25) is 0 Å². The first kappa shape index (κ1) is 9.89. The zero-order valence-electron chi connectivity index (χ0n) is 8.50. The number of carboxylic acids is 1. The smallest absolute Gasteiger partial charge is 0.307 e. The second-order valence-electron chi connectivity index (χ2n) is 3.74. The second kappa shape index (κ2) is 3.84. The van der Waals surface area contributed by atoms with Crippen LogP contribution in [0, 0.1) is 5.92 Å². The first-order chi connectivity index (χ1) is 7.20. The van der Waals surface area contributed by atoms with Gasteiger partial charge in [0.2, 0.25) is 0 Å². The minimum Gasteiger partial charge on any atom is -0.481 e. The minimum atomic E-state index is -0.757. The Kier molecular flexibility index (Phi) is 2.53. The number of aryl methyl sites for hydroxylation is 1. The standard InChI is InChI=1S/C10H13N3O2/c1-13-9(11-6-12-13)7-4-2-3-5-8(7)10(14)15/h2-3,6-8H,4-5H2,1H3,(H,14,15)/t7-,8+/m1/s1. The van der Waals surface area contributed by atoms with Gasteiger partial charge in [-0.3, -0.25) is 9.48 Å². The number of aliphatic carboxylic acids is 1. The molecule has 0 aromatic carbocycles. The summed E-state index contributed by atoms with van der Waals surface area (Å²) in [5, 5.41) is 13.1. The topological polar surface area (TPSA) is 68.0 Å². The highest BCUT2D eigenvalue weighted by Crippen LogP contribution is 2.33. The Bertz CT molecular complexity index is 397. The van der Waals surface area contributed by atoms with Crippen molar-refractivity contribution in [2.24, 2.45) is 13.0 Å². The lowest BCUT2D eigenvalue weighted by Crippen LogP contribution is -2.25. The molecule has 15 heavy (non-hydrogen) atoms. The monoisotopic (exact) mass is 207 g/mol. The van der Waals surface area contributed by atoms with E-state index in [-0.39, 0.29) is 11.8 Å². The van der Waals surface area contributed by atoms with Crippen molar-refractivity contribution >= 4 is 5.97 Å². The van der Waals surface area contributed by atoms with Crippen LogP contribution in [0.25, 0.3) is 0 Å². The van der Waals surface area contributed by atoms with Gasteiger partial charge in [0.15, 0.2) is 0 Å². The van der Waals surface area contributed by atoms with E-state index in [1.54, 1.807) is 11.7 Å². The summed E-state index contributed by atoms with van der Waals surface area (Å²) in [5.41, 5.74) is 0. The molecule has 1 aliphatic carbocycles. The Morgan fingerprint density at radius 2 is 2.27 bits per heavy atom. The zero-order valence-corrected chi connectivity index (χ0v) is 8.50. The largest absolute Gasteiger partial charge is 0.481 e. The van der Waals surface area contributed by atoms with Gasteiger partial charge in [0.25, 0.3) is 0 Å². The molecule has 0 saturated heterocycles. The number of allylic oxidation sites excluding steroid dienone is 2. The van der Waals surface area contributed by atoms with E-state index in [0.717, 1.165) is 12.2 Å². The first-order valence-corrected chi connectivity index (χ1v) is 4.92. The van der Waals surface area contributed by atoms with Crippen molar-refractivity contribution in [2.45, 2.75) is 18.8 Å². The molecule has 2 atom stereocenters. The van der Waals surface area contributed by atoms with Gasteiger partial charge in [-0.25, -0.2) is 4.98 Å². The maximum atomic E-state index is 11.1. The minimum absolute atomic E-state index is 0.0556. The Hall–Kier alpha value is -1.65. The van der Waals surface area contributed by atoms with E-state index in [0.29, 0.717) is 6.42 Å². The number of nitrogens with zero attached hydrogens (tertiary/aromatic N) is 3. The van der Waals surface area contributed by atoms with Crippen LogP contribution in [-0.2, 0) is 11.8 Å². The summed E-state index contributed by atoms with van der Waals surface area (Å²) in [4.78, 5) is 15.2. The number of hydrogen-bond donors (Lipinski definition) is 1. The molecule has 0 aliphatic heterocycles. The number of hydrogen-bond acceptors (Lipinski definition) is 3. The molecule has 0 radical (unpaired) electrons. The molecular weight excluding hydrogens is 194 g/mol. The van der Waals surface area contributed by atoms with E-state index in [2.05, 4.69) is 10.1 Å². The van der Waals surface area contributed by atoms with Crippen LogP contribution in [0.5, 0.6) is 0 Å². The number of aromatic nitrogens is 3. The van der Waals surface area contributed by atoms with Gasteiger partial charge in [0.1, 0.15) is 12.2 Å². The summed E-state index contributed by atoms with van der Waals surface area (Å²) < 4.78 is 1.65. The fourth-order valence-electron chi connectivity index (χ4n) is 2.01. The summed E-state index contributed by atoms with van der Waals surface area (Å²) in [6, 6.07) is 0. The predicted octanol–water partition coefficient (Wildman–Crippen LogP) is 0.950. The molecule has 0 fully saturated rings. The van der Waals surface area contributed by atoms with Gasteiger partial charge in [-0.1, -0.05) is 12.2 Å². The average molecular weight is 207 g/mol. The summed E-state index contributed by atoms with van der Waals surface area (Å²) in [6.07, 6.45) is 6.70. The van der Waals surface area contributed by atoms with Crippen molar-refractivity contribution in [3.8, 4) is 0 Å². The van der Waals surface area contributed by atoms with E-state index in [9.17, 15) is 4.79 Å². The molecule has 80 valence electrons. The normalized spacial score (nSPS) is 25.4. The average Bonchev–Trinajstić information content (AvgIpc) is 2.64. The molecule has 1 heterocycles. The lowest BCUT2D eigenvalue weighted by atomic mass is 9.82. The van der Waals surface area contributed by atoms with E-state index in [1.165, 1.54) is 6.33 Å². The maximum Gasteiger partial charge on any atom is 0.307 e. The van der Waals surface area contributed by atoms with Crippen molar-refractivity contribution in [3.05, 3.63) is 24.3 Å². The van der Waals surface area contributed by atoms with Crippen LogP contribution in [0.15, 0.2) is 18.5 Å². The van der Waals surface area contributed by atoms with E-state index >= 15 is 0 Å². The first-order valence-electron chi connectivity index (χ1n) is 4.92. The Balaban J connectivity index is 2.30. The second-order valence-corrected chi connectivity index (χ2v) is 3.74. The highest BCUT2D eigenvalue weighted by Gasteiger charge is 2.32. The number of carbonyl (C=O) groups is 1. The maximum absolute atomic E-state index is 11.1. The predicted molar refractivity (Wildman–Crippen MR) is 53.2 cm³/mol. The van der Waals surface area contributed by atoms with Gasteiger partial charge >= 0.3 is 5.97 Å². The van der Waals surface area contributed by atoms with Crippen molar-refractivity contribution < 1.29 is 9.90 Å². The third-order valence-corrected chi connectivity index (χ3v) is 2.83. The molecule has 0 amide bonds. The van der Waals surface area contributed by atoms with Gasteiger partial charge < -0.3 is 5.11 Å². The molecule has 1 aliphatic rings. The van der Waals surface area contributed by atoms with Crippen LogP contribution in [-0.4, -0.2) is 25.8 Å². The molecule has 0 saturated carbocycles. The lowest BCUT2D eigenvalue weighted by Gasteiger charge is -2.23. The van der Waals surface area contributed by atoms with Crippen LogP contribution >= 0.6 is 0 Å². The van der Waals surface area contributed by atoms with Gasteiger partial charge in [0, 0.05) is 13.0 Å². The Morgan fingerprint density at radius 1 is 1.53 bits per heavy atom. The van der Waals surface area contributed by atoms with Crippen LogP contribution in [0.4, 0.5) is 0 Å². The molecule has 1 N–H and O–H groups in total. The van der Waals surface area contributed by atoms with Crippen LogP contribution < -0.4 is 0 Å². The van der Waals surface area contributed by atoms with Crippen molar-refractivity contribution in [1.82, 2.24) is 14.8 Å². The SMILES string of the molecule is Cn1ncnc1[C@@H]1CC=CC[C@@H]1C(=O)O. The summed E-state index contributed by atoms with van der Waals surface area (Å²) in [7, 11) is 1.79. The zero-order chi connectivity index (χ0) is 10.8. The number of rotatable bonds is 2. The third kappa shape index (κ3) is 1.77. The van der Waals surface area contributed by atoms with Crippen molar-refractivity contribution in [3.63, 3.8) is 0 Å². The van der Waals surface area contributed by atoms with Gasteiger partial charge in [-0.05, 0) is 12.8 Å². The summed E-state index contributed by atoms with van der Waals surface area (Å²) >= 11 is 0. The third-order valence-electron chi connectivity index (χ3n) is 2.83. The molecule has 0 spiro atoms. The van der Waals surface area contributed by atoms with E-state index in [4.69, 9.17) is 5.11 Å². The molecule has 2 rings (SSSR count). The molecular formula is C10H13N3O2. The van der Waals surface area contributed by atoms with Crippen LogP contribution in [0.3, 0.4) is 0 Å². The quantitative estimate of drug-likeness (QED) is 0.733. The summed E-state index contributed by atoms with van der Waals surface area (Å²) in [5.74, 6) is -0.433. The van der Waals surface area contributed by atoms with Crippen molar-refractivity contribution in [1.29, 1.82) is 0 Å². The molecule has 1 aromatic heterocycles. The highest BCUT2D eigenvalue weighted by molar-refractivity contribution is 5.71. The molecule has 0 bridgehead atoms. The van der Waals surface area contributed by atoms with Gasteiger partial charge in [0.05, 0.1) is 5.92 Å². The van der Waals surface area contributed by atoms with Gasteiger partial charge in [-0.15, -0.1) is 0 Å². The fourth-order valence-corrected chi connectivity index (χ4v) is 2.01. The van der Waals surface area contributed by atoms with Gasteiger partial charge in [-0.2, -0.15) is 5.10 Å². The van der Waals surface area contributed by atoms with E-state index < -0.39 is 5.97 Å². The Morgan fingerprint density at radius 3 is 2.87 bits per heavy atom. The highest BCUT2D eigenvalue weighted by atomic mass is 16.4. The molecule has 1 aromatic rings.